The molecule has 5 heteroatoms. The van der Waals surface area contributed by atoms with Gasteiger partial charge in [-0.3, -0.25) is 4.79 Å². The number of carbonyl (C=O) groups excluding carboxylic acids is 1. The lowest BCUT2D eigenvalue weighted by Crippen LogP contribution is -2.41. The van der Waals surface area contributed by atoms with Crippen molar-refractivity contribution in [1.82, 2.24) is 15.2 Å². The van der Waals surface area contributed by atoms with Gasteiger partial charge in [0.15, 0.2) is 0 Å². The summed E-state index contributed by atoms with van der Waals surface area (Å²) in [5.74, 6) is 0.0648. The number of hydrogen-bond acceptors (Lipinski definition) is 3. The lowest BCUT2D eigenvalue weighted by molar-refractivity contribution is -0.130. The second-order valence-electron chi connectivity index (χ2n) is 3.79. The number of amides is 1. The molecule has 4 nitrogen and oxygen atoms in total. The first kappa shape index (κ1) is 13.1. The Kier molecular flexibility index (Phi) is 4.89. The Morgan fingerprint density at radius 3 is 2.81 bits per heavy atom. The number of halogens is 1. The molecule has 1 N–H and O–H groups in total. The fourth-order valence-electron chi connectivity index (χ4n) is 1.28. The Morgan fingerprint density at radius 2 is 2.25 bits per heavy atom. The van der Waals surface area contributed by atoms with Crippen LogP contribution in [0.1, 0.15) is 12.6 Å². The van der Waals surface area contributed by atoms with Gasteiger partial charge in [0.05, 0.1) is 11.7 Å². The molecule has 1 aromatic rings. The zero-order valence-corrected chi connectivity index (χ0v) is 11.3. The lowest BCUT2D eigenvalue weighted by atomic mass is 10.3. The van der Waals surface area contributed by atoms with Gasteiger partial charge in [0.2, 0.25) is 5.91 Å². The minimum Gasteiger partial charge on any atom is -0.347 e. The molecule has 0 fully saturated rings. The van der Waals surface area contributed by atoms with Crippen molar-refractivity contribution in [2.24, 2.45) is 0 Å². The van der Waals surface area contributed by atoms with Gasteiger partial charge in [-0.1, -0.05) is 6.07 Å². The van der Waals surface area contributed by atoms with Crippen LogP contribution in [0.2, 0.25) is 0 Å². The number of rotatable bonds is 4. The molecule has 16 heavy (non-hydrogen) atoms. The number of pyridine rings is 1. The molecule has 0 spiro atoms. The summed E-state index contributed by atoms with van der Waals surface area (Å²) in [6.45, 7) is 2.43. The molecule has 1 unspecified atom stereocenters. The van der Waals surface area contributed by atoms with Crippen molar-refractivity contribution in [3.05, 3.63) is 28.5 Å². The van der Waals surface area contributed by atoms with Crippen LogP contribution >= 0.6 is 15.9 Å². The number of aromatic nitrogens is 1. The summed E-state index contributed by atoms with van der Waals surface area (Å²) in [7, 11) is 3.50. The fraction of sp³-hybridized carbons (Fsp3) is 0.455. The monoisotopic (exact) mass is 285 g/mol. The number of nitrogens with zero attached hydrogens (tertiary/aromatic N) is 2. The minimum atomic E-state index is -0.198. The van der Waals surface area contributed by atoms with Gasteiger partial charge in [0, 0.05) is 20.6 Å². The molecule has 1 atom stereocenters. The Morgan fingerprint density at radius 1 is 1.56 bits per heavy atom. The molecule has 0 bridgehead atoms. The maximum atomic E-state index is 11.6. The van der Waals surface area contributed by atoms with E-state index >= 15 is 0 Å². The molecular formula is C11H16BrN3O. The second kappa shape index (κ2) is 5.96. The normalized spacial score (nSPS) is 12.2. The summed E-state index contributed by atoms with van der Waals surface area (Å²) in [5.41, 5.74) is 0.910. The smallest absolute Gasteiger partial charge is 0.238 e. The highest BCUT2D eigenvalue weighted by atomic mass is 79.9. The van der Waals surface area contributed by atoms with E-state index in [0.29, 0.717) is 6.54 Å². The highest BCUT2D eigenvalue weighted by molar-refractivity contribution is 9.10. The van der Waals surface area contributed by atoms with Crippen LogP contribution in [-0.2, 0) is 11.3 Å². The van der Waals surface area contributed by atoms with E-state index in [-0.39, 0.29) is 11.9 Å². The number of hydrogen-bond donors (Lipinski definition) is 1. The predicted molar refractivity (Wildman–Crippen MR) is 66.9 cm³/mol. The largest absolute Gasteiger partial charge is 0.347 e. The summed E-state index contributed by atoms with van der Waals surface area (Å²) in [5, 5.41) is 3.13. The quantitative estimate of drug-likeness (QED) is 0.851. The summed E-state index contributed by atoms with van der Waals surface area (Å²) in [6, 6.07) is 5.52. The third-order valence-electron chi connectivity index (χ3n) is 2.17. The summed E-state index contributed by atoms with van der Waals surface area (Å²) in [4.78, 5) is 17.4. The van der Waals surface area contributed by atoms with Crippen LogP contribution in [0.4, 0.5) is 0 Å². The summed E-state index contributed by atoms with van der Waals surface area (Å²) in [6.07, 6.45) is 0. The Labute approximate surface area is 104 Å². The van der Waals surface area contributed by atoms with E-state index in [1.165, 1.54) is 0 Å². The summed E-state index contributed by atoms with van der Waals surface area (Å²) >= 11 is 3.31. The highest BCUT2D eigenvalue weighted by Crippen LogP contribution is 2.06. The molecule has 1 aromatic heterocycles. The standard InChI is InChI=1S/C11H16BrN3O/c1-8(11(16)15(2)3)13-7-9-5-4-6-10(12)14-9/h4-6,8,13H,7H2,1-3H3. The van der Waals surface area contributed by atoms with Crippen LogP contribution in [0.25, 0.3) is 0 Å². The third-order valence-corrected chi connectivity index (χ3v) is 2.61. The Bertz CT molecular complexity index is 368. The average Bonchev–Trinajstić information content (AvgIpc) is 2.24. The molecular weight excluding hydrogens is 270 g/mol. The van der Waals surface area contributed by atoms with E-state index in [0.717, 1.165) is 10.3 Å². The number of carbonyl (C=O) groups is 1. The molecule has 88 valence electrons. The van der Waals surface area contributed by atoms with E-state index in [1.54, 1.807) is 19.0 Å². The maximum absolute atomic E-state index is 11.6. The van der Waals surface area contributed by atoms with Crippen molar-refractivity contribution >= 4 is 21.8 Å². The van der Waals surface area contributed by atoms with Crippen LogP contribution in [0.15, 0.2) is 22.8 Å². The lowest BCUT2D eigenvalue weighted by Gasteiger charge is -2.17. The number of likely N-dealkylation sites (N-methyl/N-ethyl adjacent to an activating group) is 1. The molecule has 1 heterocycles. The minimum absolute atomic E-state index is 0.0648. The predicted octanol–water partition coefficient (Wildman–Crippen LogP) is 1.41. The maximum Gasteiger partial charge on any atom is 0.238 e. The van der Waals surface area contributed by atoms with Crippen molar-refractivity contribution < 1.29 is 4.79 Å². The molecule has 0 radical (unpaired) electrons. The average molecular weight is 286 g/mol. The first-order valence-corrected chi connectivity index (χ1v) is 5.86. The van der Waals surface area contributed by atoms with E-state index in [9.17, 15) is 4.79 Å². The molecule has 0 aliphatic carbocycles. The van der Waals surface area contributed by atoms with Crippen molar-refractivity contribution in [3.8, 4) is 0 Å². The topological polar surface area (TPSA) is 45.2 Å². The van der Waals surface area contributed by atoms with E-state index in [2.05, 4.69) is 26.2 Å². The molecule has 0 saturated carbocycles. The van der Waals surface area contributed by atoms with Crippen molar-refractivity contribution in [2.75, 3.05) is 14.1 Å². The fourth-order valence-corrected chi connectivity index (χ4v) is 1.66. The molecule has 0 aromatic carbocycles. The molecule has 0 aliphatic rings. The highest BCUT2D eigenvalue weighted by Gasteiger charge is 2.13. The second-order valence-corrected chi connectivity index (χ2v) is 4.60. The van der Waals surface area contributed by atoms with Crippen LogP contribution in [0.3, 0.4) is 0 Å². The van der Waals surface area contributed by atoms with Gasteiger partial charge in [-0.2, -0.15) is 0 Å². The first-order valence-electron chi connectivity index (χ1n) is 5.06. The summed E-state index contributed by atoms with van der Waals surface area (Å²) < 4.78 is 0.804. The Hall–Kier alpha value is -0.940. The van der Waals surface area contributed by atoms with Crippen LogP contribution in [0, 0.1) is 0 Å². The van der Waals surface area contributed by atoms with Crippen LogP contribution < -0.4 is 5.32 Å². The molecule has 0 aliphatic heterocycles. The van der Waals surface area contributed by atoms with Gasteiger partial charge in [0.1, 0.15) is 4.60 Å². The van der Waals surface area contributed by atoms with Gasteiger partial charge < -0.3 is 10.2 Å². The van der Waals surface area contributed by atoms with E-state index in [4.69, 9.17) is 0 Å². The third kappa shape index (κ3) is 3.90. The van der Waals surface area contributed by atoms with Gasteiger partial charge in [-0.05, 0) is 35.0 Å². The van der Waals surface area contributed by atoms with Gasteiger partial charge in [0.25, 0.3) is 0 Å². The zero-order valence-electron chi connectivity index (χ0n) is 9.70. The first-order chi connectivity index (χ1) is 7.50. The van der Waals surface area contributed by atoms with Crippen LogP contribution in [0.5, 0.6) is 0 Å². The van der Waals surface area contributed by atoms with Crippen LogP contribution in [-0.4, -0.2) is 35.9 Å². The van der Waals surface area contributed by atoms with Gasteiger partial charge in [-0.15, -0.1) is 0 Å². The van der Waals surface area contributed by atoms with Crippen molar-refractivity contribution in [1.29, 1.82) is 0 Å². The van der Waals surface area contributed by atoms with E-state index in [1.807, 2.05) is 25.1 Å². The van der Waals surface area contributed by atoms with Crippen molar-refractivity contribution in [2.45, 2.75) is 19.5 Å². The molecule has 0 saturated heterocycles. The molecule has 1 rings (SSSR count). The van der Waals surface area contributed by atoms with E-state index < -0.39 is 0 Å². The number of nitrogens with one attached hydrogen (secondary N) is 1. The van der Waals surface area contributed by atoms with Gasteiger partial charge >= 0.3 is 0 Å². The Balaban J connectivity index is 2.49. The van der Waals surface area contributed by atoms with Gasteiger partial charge in [-0.25, -0.2) is 4.98 Å². The SMILES string of the molecule is CC(NCc1cccc(Br)n1)C(=O)N(C)C. The van der Waals surface area contributed by atoms with Crippen molar-refractivity contribution in [3.63, 3.8) is 0 Å². The zero-order chi connectivity index (χ0) is 12.1. The molecule has 1 amide bonds.